The summed E-state index contributed by atoms with van der Waals surface area (Å²) in [6.45, 7) is 5.90. The number of hydrogen-bond donors (Lipinski definition) is 1. The van der Waals surface area contributed by atoms with Gasteiger partial charge in [-0.15, -0.1) is 0 Å². The Hall–Kier alpha value is -1.99. The van der Waals surface area contributed by atoms with Gasteiger partial charge in [0.05, 0.1) is 11.3 Å². The van der Waals surface area contributed by atoms with E-state index in [1.807, 2.05) is 25.1 Å². The molecule has 1 aromatic heterocycles. The molecule has 0 unspecified atom stereocenters. The minimum Gasteiger partial charge on any atom is -0.494 e. The van der Waals surface area contributed by atoms with Gasteiger partial charge >= 0.3 is 0 Å². The molecular formula is C19H24N2O4S. The first-order valence-electron chi connectivity index (χ1n) is 9.01. The summed E-state index contributed by atoms with van der Waals surface area (Å²) in [5.41, 5.74) is 0.657. The molecule has 2 aromatic rings. The van der Waals surface area contributed by atoms with Crippen molar-refractivity contribution in [2.24, 2.45) is 11.8 Å². The number of benzene rings is 1. The highest BCUT2D eigenvalue weighted by molar-refractivity contribution is 7.13. The molecule has 5 rings (SSSR count). The molecule has 140 valence electrons. The second-order valence-corrected chi connectivity index (χ2v) is 7.56. The van der Waals surface area contributed by atoms with Crippen LogP contribution in [0.1, 0.15) is 36.7 Å². The van der Waals surface area contributed by atoms with Gasteiger partial charge in [0, 0.05) is 18.4 Å². The summed E-state index contributed by atoms with van der Waals surface area (Å²) < 4.78 is 11.0. The Morgan fingerprint density at radius 3 is 2.77 bits per heavy atom. The van der Waals surface area contributed by atoms with E-state index in [0.29, 0.717) is 24.6 Å². The predicted octanol–water partition coefficient (Wildman–Crippen LogP) is 3.31. The van der Waals surface area contributed by atoms with Crippen LogP contribution in [0.3, 0.4) is 0 Å². The lowest BCUT2D eigenvalue weighted by Crippen LogP contribution is -2.47. The first kappa shape index (κ1) is 18.8. The van der Waals surface area contributed by atoms with E-state index in [0.717, 1.165) is 28.3 Å². The van der Waals surface area contributed by atoms with E-state index in [-0.39, 0.29) is 12.3 Å². The Balaban J connectivity index is 0.000000613. The lowest BCUT2D eigenvalue weighted by molar-refractivity contribution is -0.122. The smallest absolute Gasteiger partial charge is 0.290 e. The van der Waals surface area contributed by atoms with Crippen LogP contribution >= 0.6 is 11.5 Å². The van der Waals surface area contributed by atoms with Crippen LogP contribution in [-0.4, -0.2) is 52.9 Å². The van der Waals surface area contributed by atoms with Crippen molar-refractivity contribution in [3.8, 4) is 5.75 Å². The molecule has 1 aromatic carbocycles. The minimum atomic E-state index is -0.250. The summed E-state index contributed by atoms with van der Waals surface area (Å²) >= 11 is 1.40. The Bertz CT molecular complexity index is 768. The van der Waals surface area contributed by atoms with Crippen LogP contribution in [0, 0.1) is 11.8 Å². The lowest BCUT2D eigenvalue weighted by atomic mass is 9.76. The van der Waals surface area contributed by atoms with Gasteiger partial charge in [0.1, 0.15) is 11.4 Å². The molecule has 26 heavy (non-hydrogen) atoms. The topological polar surface area (TPSA) is 79.7 Å². The average Bonchev–Trinajstić information content (AvgIpc) is 3.07. The molecule has 3 fully saturated rings. The van der Waals surface area contributed by atoms with Crippen molar-refractivity contribution in [2.45, 2.75) is 26.2 Å². The number of ketones is 1. The Labute approximate surface area is 156 Å². The number of carbonyl (C=O) groups is 2. The number of nitrogens with zero attached hydrogens (tertiary/aromatic N) is 2. The third-order valence-corrected chi connectivity index (χ3v) is 6.07. The quantitative estimate of drug-likeness (QED) is 0.637. The Morgan fingerprint density at radius 2 is 2.15 bits per heavy atom. The summed E-state index contributed by atoms with van der Waals surface area (Å²) in [7, 11) is 0. The van der Waals surface area contributed by atoms with Crippen LogP contribution in [0.2, 0.25) is 0 Å². The average molecular weight is 376 g/mol. The summed E-state index contributed by atoms with van der Waals surface area (Å²) in [6, 6.07) is 5.90. The number of rotatable bonds is 5. The summed E-state index contributed by atoms with van der Waals surface area (Å²) in [5, 5.41) is 7.87. The minimum absolute atomic E-state index is 0.208. The van der Waals surface area contributed by atoms with Crippen molar-refractivity contribution in [3.05, 3.63) is 23.9 Å². The van der Waals surface area contributed by atoms with Gasteiger partial charge in [-0.25, -0.2) is 0 Å². The van der Waals surface area contributed by atoms with Crippen LogP contribution in [0.25, 0.3) is 10.1 Å². The number of carboxylic acid groups (broad SMARTS) is 1. The van der Waals surface area contributed by atoms with Crippen molar-refractivity contribution in [2.75, 3.05) is 26.2 Å². The number of hydrogen-bond acceptors (Lipinski definition) is 6. The second kappa shape index (κ2) is 8.60. The Morgan fingerprint density at radius 1 is 1.42 bits per heavy atom. The third kappa shape index (κ3) is 4.04. The first-order valence-corrected chi connectivity index (χ1v) is 9.79. The van der Waals surface area contributed by atoms with Gasteiger partial charge in [-0.2, -0.15) is 4.37 Å². The van der Waals surface area contributed by atoms with E-state index in [2.05, 4.69) is 9.27 Å². The van der Waals surface area contributed by atoms with Gasteiger partial charge in [0.25, 0.3) is 6.47 Å². The van der Waals surface area contributed by atoms with E-state index in [1.54, 1.807) is 0 Å². The number of aromatic nitrogens is 1. The second-order valence-electron chi connectivity index (χ2n) is 6.75. The van der Waals surface area contributed by atoms with E-state index < -0.39 is 0 Å². The van der Waals surface area contributed by atoms with E-state index in [4.69, 9.17) is 14.6 Å². The number of ether oxygens (including phenoxy) is 1. The molecular weight excluding hydrogens is 352 g/mol. The van der Waals surface area contributed by atoms with Gasteiger partial charge < -0.3 is 14.7 Å². The molecule has 3 saturated heterocycles. The molecule has 3 aliphatic rings. The highest BCUT2D eigenvalue weighted by atomic mass is 32.1. The summed E-state index contributed by atoms with van der Waals surface area (Å²) in [5.74, 6) is 2.31. The molecule has 4 heterocycles. The van der Waals surface area contributed by atoms with Crippen LogP contribution in [0.15, 0.2) is 18.2 Å². The van der Waals surface area contributed by atoms with Crippen LogP contribution in [0.4, 0.5) is 0 Å². The molecule has 7 heteroatoms. The standard InChI is InChI=1S/C18H22N2O2S.CH2O2/c1-2-22-14-3-4-15-17(10-14)23-19-18(15)16(21)9-13-11-20-7-5-12(13)6-8-20;2-1-3/h3-4,10,12-13H,2,5-9,11H2,1H3;1H,(H,2,3)/t13-;/m0./s1. The van der Waals surface area contributed by atoms with Gasteiger partial charge in [-0.05, 0) is 74.4 Å². The summed E-state index contributed by atoms with van der Waals surface area (Å²) in [4.78, 5) is 23.6. The largest absolute Gasteiger partial charge is 0.494 e. The zero-order chi connectivity index (χ0) is 18.5. The van der Waals surface area contributed by atoms with E-state index >= 15 is 0 Å². The third-order valence-electron chi connectivity index (χ3n) is 5.26. The number of Topliss-reactive ketones (excluding diaryl/α,β-unsaturated/α-hetero) is 1. The van der Waals surface area contributed by atoms with Gasteiger partial charge in [0.15, 0.2) is 5.78 Å². The van der Waals surface area contributed by atoms with Crippen molar-refractivity contribution in [1.82, 2.24) is 9.27 Å². The fraction of sp³-hybridized carbons (Fsp3) is 0.526. The van der Waals surface area contributed by atoms with Crippen LogP contribution < -0.4 is 4.74 Å². The zero-order valence-electron chi connectivity index (χ0n) is 14.9. The maximum absolute atomic E-state index is 12.8. The fourth-order valence-corrected chi connectivity index (χ4v) is 4.85. The molecule has 1 N–H and O–H groups in total. The van der Waals surface area contributed by atoms with Crippen molar-refractivity contribution >= 4 is 33.9 Å². The van der Waals surface area contributed by atoms with Gasteiger partial charge in [-0.3, -0.25) is 9.59 Å². The predicted molar refractivity (Wildman–Crippen MR) is 101 cm³/mol. The molecule has 0 radical (unpaired) electrons. The van der Waals surface area contributed by atoms with Crippen molar-refractivity contribution in [1.29, 1.82) is 0 Å². The molecule has 6 nitrogen and oxygen atoms in total. The number of fused-ring (bicyclic) bond motifs is 4. The van der Waals surface area contributed by atoms with Crippen LogP contribution in [0.5, 0.6) is 5.75 Å². The normalized spacial score (nSPS) is 24.0. The van der Waals surface area contributed by atoms with Gasteiger partial charge in [-0.1, -0.05) is 0 Å². The highest BCUT2D eigenvalue weighted by Crippen LogP contribution is 2.36. The molecule has 0 aliphatic carbocycles. The first-order chi connectivity index (χ1) is 12.7. The molecule has 0 spiro atoms. The molecule has 0 saturated carbocycles. The van der Waals surface area contributed by atoms with E-state index in [9.17, 15) is 4.79 Å². The van der Waals surface area contributed by atoms with E-state index in [1.165, 1.54) is 37.5 Å². The molecule has 2 bridgehead atoms. The monoisotopic (exact) mass is 376 g/mol. The van der Waals surface area contributed by atoms with Crippen LogP contribution in [-0.2, 0) is 4.79 Å². The SMILES string of the molecule is CCOc1ccc2c(C(=O)C[C@H]3CN4CCC3CC4)nsc2c1.O=CO. The number of piperidine rings is 3. The zero-order valence-corrected chi connectivity index (χ0v) is 15.7. The van der Waals surface area contributed by atoms with Crippen molar-refractivity contribution < 1.29 is 19.4 Å². The maximum Gasteiger partial charge on any atom is 0.290 e. The lowest BCUT2D eigenvalue weighted by Gasteiger charge is -2.44. The molecule has 3 aliphatic heterocycles. The molecule has 0 amide bonds. The fourth-order valence-electron chi connectivity index (χ4n) is 4.03. The summed E-state index contributed by atoms with van der Waals surface area (Å²) in [6.07, 6.45) is 3.16. The van der Waals surface area contributed by atoms with Gasteiger partial charge in [0.2, 0.25) is 0 Å². The highest BCUT2D eigenvalue weighted by Gasteiger charge is 2.35. The maximum atomic E-state index is 12.8. The van der Waals surface area contributed by atoms with Crippen molar-refractivity contribution in [3.63, 3.8) is 0 Å². The molecule has 1 atom stereocenters. The Kier molecular flexibility index (Phi) is 6.21. The number of carbonyl (C=O) groups excluding carboxylic acids is 1.